The molecule has 3 rings (SSSR count). The van der Waals surface area contributed by atoms with Gasteiger partial charge in [-0.05, 0) is 41.8 Å². The van der Waals surface area contributed by atoms with Crippen molar-refractivity contribution in [2.24, 2.45) is 0 Å². The first-order chi connectivity index (χ1) is 9.15. The van der Waals surface area contributed by atoms with E-state index in [1.807, 2.05) is 18.2 Å². The highest BCUT2D eigenvalue weighted by molar-refractivity contribution is 5.52. The Hall–Kier alpha value is -1.87. The SMILES string of the molecule is CC(c1cccc(F)c1)N1Cc2cccc(N)c2C1. The topological polar surface area (TPSA) is 29.3 Å². The van der Waals surface area contributed by atoms with Crippen LogP contribution in [0.15, 0.2) is 42.5 Å². The molecule has 0 fully saturated rings. The highest BCUT2D eigenvalue weighted by Gasteiger charge is 2.25. The van der Waals surface area contributed by atoms with Crippen LogP contribution in [0.25, 0.3) is 0 Å². The third-order valence-electron chi connectivity index (χ3n) is 3.92. The van der Waals surface area contributed by atoms with Crippen molar-refractivity contribution < 1.29 is 4.39 Å². The van der Waals surface area contributed by atoms with Crippen LogP contribution in [0.5, 0.6) is 0 Å². The Morgan fingerprint density at radius 2 is 1.95 bits per heavy atom. The van der Waals surface area contributed by atoms with E-state index in [2.05, 4.69) is 17.9 Å². The van der Waals surface area contributed by atoms with Gasteiger partial charge in [-0.2, -0.15) is 0 Å². The van der Waals surface area contributed by atoms with Gasteiger partial charge in [0.15, 0.2) is 0 Å². The van der Waals surface area contributed by atoms with E-state index in [4.69, 9.17) is 5.73 Å². The Morgan fingerprint density at radius 3 is 2.68 bits per heavy atom. The third-order valence-corrected chi connectivity index (χ3v) is 3.92. The predicted molar refractivity (Wildman–Crippen MR) is 74.9 cm³/mol. The molecule has 0 aromatic heterocycles. The normalized spacial score (nSPS) is 16.3. The lowest BCUT2D eigenvalue weighted by Crippen LogP contribution is -2.20. The molecule has 1 aliphatic rings. The van der Waals surface area contributed by atoms with E-state index < -0.39 is 0 Å². The first-order valence-corrected chi connectivity index (χ1v) is 6.51. The number of rotatable bonds is 2. The number of nitrogens with two attached hydrogens (primary N) is 1. The molecule has 0 aliphatic carbocycles. The van der Waals surface area contributed by atoms with Crippen LogP contribution in [0.1, 0.15) is 29.7 Å². The molecule has 0 saturated carbocycles. The summed E-state index contributed by atoms with van der Waals surface area (Å²) in [5.41, 5.74) is 10.4. The van der Waals surface area contributed by atoms with E-state index >= 15 is 0 Å². The summed E-state index contributed by atoms with van der Waals surface area (Å²) in [5, 5.41) is 0. The fraction of sp³-hybridized carbons (Fsp3) is 0.250. The average molecular weight is 256 g/mol. The molecule has 19 heavy (non-hydrogen) atoms. The van der Waals surface area contributed by atoms with Crippen molar-refractivity contribution in [3.05, 3.63) is 65.0 Å². The largest absolute Gasteiger partial charge is 0.398 e. The van der Waals surface area contributed by atoms with Gasteiger partial charge >= 0.3 is 0 Å². The molecule has 1 atom stereocenters. The smallest absolute Gasteiger partial charge is 0.123 e. The molecule has 1 aliphatic heterocycles. The monoisotopic (exact) mass is 256 g/mol. The molecule has 2 nitrogen and oxygen atoms in total. The number of benzene rings is 2. The van der Waals surface area contributed by atoms with Gasteiger partial charge in [0, 0.05) is 24.8 Å². The highest BCUT2D eigenvalue weighted by atomic mass is 19.1. The number of halogens is 1. The van der Waals surface area contributed by atoms with Crippen molar-refractivity contribution in [2.75, 3.05) is 5.73 Å². The van der Waals surface area contributed by atoms with Crippen LogP contribution in [0.2, 0.25) is 0 Å². The molecular weight excluding hydrogens is 239 g/mol. The maximum Gasteiger partial charge on any atom is 0.123 e. The molecule has 1 unspecified atom stereocenters. The molecule has 0 spiro atoms. The van der Waals surface area contributed by atoms with Crippen LogP contribution in [-0.4, -0.2) is 4.90 Å². The first-order valence-electron chi connectivity index (χ1n) is 6.51. The van der Waals surface area contributed by atoms with Crippen molar-refractivity contribution in [1.82, 2.24) is 4.90 Å². The van der Waals surface area contributed by atoms with Gasteiger partial charge in [-0.1, -0.05) is 24.3 Å². The maximum atomic E-state index is 13.3. The van der Waals surface area contributed by atoms with Crippen LogP contribution in [0, 0.1) is 5.82 Å². The molecule has 2 aromatic rings. The summed E-state index contributed by atoms with van der Waals surface area (Å²) >= 11 is 0. The number of nitrogen functional groups attached to an aromatic ring is 1. The molecule has 0 bridgehead atoms. The lowest BCUT2D eigenvalue weighted by molar-refractivity contribution is 0.215. The summed E-state index contributed by atoms with van der Waals surface area (Å²) in [7, 11) is 0. The van der Waals surface area contributed by atoms with Gasteiger partial charge in [-0.25, -0.2) is 4.39 Å². The molecule has 98 valence electrons. The minimum absolute atomic E-state index is 0.180. The number of anilines is 1. The van der Waals surface area contributed by atoms with E-state index in [1.54, 1.807) is 12.1 Å². The summed E-state index contributed by atoms with van der Waals surface area (Å²) in [4.78, 5) is 2.32. The molecule has 0 saturated heterocycles. The van der Waals surface area contributed by atoms with E-state index in [0.717, 1.165) is 24.3 Å². The van der Waals surface area contributed by atoms with Gasteiger partial charge in [-0.3, -0.25) is 4.90 Å². The minimum Gasteiger partial charge on any atom is -0.398 e. The molecule has 0 amide bonds. The van der Waals surface area contributed by atoms with Gasteiger partial charge in [0.2, 0.25) is 0 Å². The zero-order valence-electron chi connectivity index (χ0n) is 10.9. The van der Waals surface area contributed by atoms with Crippen molar-refractivity contribution in [2.45, 2.75) is 26.1 Å². The second kappa shape index (κ2) is 4.67. The average Bonchev–Trinajstić information content (AvgIpc) is 2.83. The highest BCUT2D eigenvalue weighted by Crippen LogP contribution is 2.33. The summed E-state index contributed by atoms with van der Waals surface area (Å²) in [6.45, 7) is 3.81. The first kappa shape index (κ1) is 12.2. The fourth-order valence-electron chi connectivity index (χ4n) is 2.72. The Labute approximate surface area is 112 Å². The minimum atomic E-state index is -0.180. The Balaban J connectivity index is 1.85. The second-order valence-electron chi connectivity index (χ2n) is 5.12. The number of hydrogen-bond acceptors (Lipinski definition) is 2. The molecule has 3 heteroatoms. The van der Waals surface area contributed by atoms with Gasteiger partial charge in [0.25, 0.3) is 0 Å². The number of nitrogens with zero attached hydrogens (tertiary/aromatic N) is 1. The van der Waals surface area contributed by atoms with E-state index in [-0.39, 0.29) is 11.9 Å². The lowest BCUT2D eigenvalue weighted by Gasteiger charge is -2.24. The van der Waals surface area contributed by atoms with Crippen LogP contribution in [-0.2, 0) is 13.1 Å². The van der Waals surface area contributed by atoms with Crippen molar-refractivity contribution in [3.8, 4) is 0 Å². The summed E-state index contributed by atoms with van der Waals surface area (Å²) < 4.78 is 13.3. The zero-order valence-corrected chi connectivity index (χ0v) is 10.9. The predicted octanol–water partition coefficient (Wildman–Crippen LogP) is 3.48. The van der Waals surface area contributed by atoms with Gasteiger partial charge in [0.1, 0.15) is 5.82 Å². The Morgan fingerprint density at radius 1 is 1.16 bits per heavy atom. The lowest BCUT2D eigenvalue weighted by atomic mass is 10.1. The molecule has 2 aromatic carbocycles. The van der Waals surface area contributed by atoms with E-state index in [9.17, 15) is 4.39 Å². The van der Waals surface area contributed by atoms with Crippen molar-refractivity contribution in [3.63, 3.8) is 0 Å². The van der Waals surface area contributed by atoms with Gasteiger partial charge in [-0.15, -0.1) is 0 Å². The number of hydrogen-bond donors (Lipinski definition) is 1. The Kier molecular flexibility index (Phi) is 2.99. The van der Waals surface area contributed by atoms with Crippen LogP contribution >= 0.6 is 0 Å². The second-order valence-corrected chi connectivity index (χ2v) is 5.12. The molecule has 2 N–H and O–H groups in total. The van der Waals surface area contributed by atoms with Crippen LogP contribution < -0.4 is 5.73 Å². The van der Waals surface area contributed by atoms with Gasteiger partial charge in [0.05, 0.1) is 0 Å². The van der Waals surface area contributed by atoms with Crippen molar-refractivity contribution in [1.29, 1.82) is 0 Å². The summed E-state index contributed by atoms with van der Waals surface area (Å²) in [5.74, 6) is -0.180. The molecule has 0 radical (unpaired) electrons. The number of fused-ring (bicyclic) bond motifs is 1. The van der Waals surface area contributed by atoms with Gasteiger partial charge < -0.3 is 5.73 Å². The van der Waals surface area contributed by atoms with E-state index in [1.165, 1.54) is 17.2 Å². The van der Waals surface area contributed by atoms with Crippen molar-refractivity contribution >= 4 is 5.69 Å². The van der Waals surface area contributed by atoms with E-state index in [0.29, 0.717) is 0 Å². The molecular formula is C16H17FN2. The van der Waals surface area contributed by atoms with Crippen LogP contribution in [0.4, 0.5) is 10.1 Å². The summed E-state index contributed by atoms with van der Waals surface area (Å²) in [6, 6.07) is 13.1. The summed E-state index contributed by atoms with van der Waals surface area (Å²) in [6.07, 6.45) is 0. The Bertz CT molecular complexity index is 609. The maximum absolute atomic E-state index is 13.3. The zero-order chi connectivity index (χ0) is 13.4. The third kappa shape index (κ3) is 2.22. The quantitative estimate of drug-likeness (QED) is 0.833. The van der Waals surface area contributed by atoms with Crippen LogP contribution in [0.3, 0.4) is 0 Å². The fourth-order valence-corrected chi connectivity index (χ4v) is 2.72. The molecule has 1 heterocycles. The standard InChI is InChI=1S/C16H17FN2/c1-11(12-4-2-6-14(17)8-12)19-9-13-5-3-7-16(18)15(13)10-19/h2-8,11H,9-10,18H2,1H3.